The molecule has 0 spiro atoms. The van der Waals surface area contributed by atoms with Crippen molar-refractivity contribution in [2.75, 3.05) is 24.5 Å². The summed E-state index contributed by atoms with van der Waals surface area (Å²) in [4.78, 5) is 24.8. The third-order valence-electron chi connectivity index (χ3n) is 3.10. The molecule has 0 aromatic heterocycles. The molecule has 0 fully saturated rings. The second kappa shape index (κ2) is 5.93. The van der Waals surface area contributed by atoms with Crippen LogP contribution in [0.4, 0.5) is 10.1 Å². The maximum Gasteiger partial charge on any atom is 0.299 e. The minimum Gasteiger partial charge on any atom is -0.317 e. The van der Waals surface area contributed by atoms with E-state index in [-0.39, 0.29) is 11.3 Å². The van der Waals surface area contributed by atoms with Crippen molar-refractivity contribution in [3.63, 3.8) is 0 Å². The standard InChI is InChI=1S/C14H17FN2O2/c1-2-7-16-8-4-9-17-12-10(13(18)14(17)19)5-3-6-11(12)15/h3,5-6,16H,2,4,7-9H2,1H3. The number of halogens is 1. The predicted octanol–water partition coefficient (Wildman–Crippen LogP) is 1.74. The van der Waals surface area contributed by atoms with Crippen molar-refractivity contribution in [2.45, 2.75) is 19.8 Å². The van der Waals surface area contributed by atoms with Gasteiger partial charge in [0.05, 0.1) is 11.3 Å². The summed E-state index contributed by atoms with van der Waals surface area (Å²) in [5.41, 5.74) is 0.305. The van der Waals surface area contributed by atoms with Crippen LogP contribution in [0, 0.1) is 5.82 Å². The molecule has 0 unspecified atom stereocenters. The van der Waals surface area contributed by atoms with Crippen molar-refractivity contribution in [3.05, 3.63) is 29.6 Å². The summed E-state index contributed by atoms with van der Waals surface area (Å²) < 4.78 is 13.8. The normalized spacial score (nSPS) is 14.1. The highest BCUT2D eigenvalue weighted by Gasteiger charge is 2.37. The Kier molecular flexibility index (Phi) is 4.27. The molecule has 1 heterocycles. The Labute approximate surface area is 111 Å². The number of hydrogen-bond acceptors (Lipinski definition) is 3. The number of amides is 1. The number of ketones is 1. The van der Waals surface area contributed by atoms with Crippen LogP contribution < -0.4 is 10.2 Å². The predicted molar refractivity (Wildman–Crippen MR) is 70.9 cm³/mol. The van der Waals surface area contributed by atoms with E-state index in [1.165, 1.54) is 23.1 Å². The number of carbonyl (C=O) groups excluding carboxylic acids is 2. The highest BCUT2D eigenvalue weighted by atomic mass is 19.1. The van der Waals surface area contributed by atoms with Gasteiger partial charge in [-0.1, -0.05) is 13.0 Å². The SMILES string of the molecule is CCCNCCCN1C(=O)C(=O)c2cccc(F)c21. The van der Waals surface area contributed by atoms with Crippen molar-refractivity contribution in [1.82, 2.24) is 5.32 Å². The summed E-state index contributed by atoms with van der Waals surface area (Å²) in [6.07, 6.45) is 1.73. The highest BCUT2D eigenvalue weighted by Crippen LogP contribution is 2.31. The number of benzene rings is 1. The molecule has 0 saturated heterocycles. The van der Waals surface area contributed by atoms with E-state index >= 15 is 0 Å². The van der Waals surface area contributed by atoms with Crippen LogP contribution in [-0.4, -0.2) is 31.3 Å². The quantitative estimate of drug-likeness (QED) is 0.629. The number of fused-ring (bicyclic) bond motifs is 1. The van der Waals surface area contributed by atoms with Crippen LogP contribution in [-0.2, 0) is 4.79 Å². The molecule has 1 aromatic carbocycles. The Morgan fingerprint density at radius 3 is 2.79 bits per heavy atom. The van der Waals surface area contributed by atoms with Gasteiger partial charge in [0.25, 0.3) is 11.7 Å². The van der Waals surface area contributed by atoms with Crippen LogP contribution in [0.5, 0.6) is 0 Å². The first-order valence-corrected chi connectivity index (χ1v) is 6.52. The van der Waals surface area contributed by atoms with E-state index < -0.39 is 17.5 Å². The molecule has 0 atom stereocenters. The molecule has 5 heteroatoms. The number of rotatable bonds is 6. The van der Waals surface area contributed by atoms with Crippen LogP contribution in [0.25, 0.3) is 0 Å². The lowest BCUT2D eigenvalue weighted by Gasteiger charge is -2.16. The Bertz CT molecular complexity index is 502. The van der Waals surface area contributed by atoms with E-state index in [1.54, 1.807) is 0 Å². The van der Waals surface area contributed by atoms with Crippen molar-refractivity contribution < 1.29 is 14.0 Å². The van der Waals surface area contributed by atoms with Gasteiger partial charge < -0.3 is 10.2 Å². The zero-order valence-electron chi connectivity index (χ0n) is 10.9. The first kappa shape index (κ1) is 13.7. The molecular weight excluding hydrogens is 247 g/mol. The summed E-state index contributed by atoms with van der Waals surface area (Å²) in [6, 6.07) is 4.21. The maximum absolute atomic E-state index is 13.8. The van der Waals surface area contributed by atoms with Gasteiger partial charge in [0.1, 0.15) is 5.82 Å². The molecule has 1 aliphatic rings. The molecular formula is C14H17FN2O2. The molecule has 1 N–H and O–H groups in total. The van der Waals surface area contributed by atoms with Gasteiger partial charge in [-0.25, -0.2) is 4.39 Å². The Morgan fingerprint density at radius 1 is 1.26 bits per heavy atom. The minimum atomic E-state index is -0.629. The minimum absolute atomic E-state index is 0.132. The maximum atomic E-state index is 13.8. The first-order chi connectivity index (χ1) is 9.16. The molecule has 1 aliphatic heterocycles. The topological polar surface area (TPSA) is 49.4 Å². The number of para-hydroxylation sites is 1. The average Bonchev–Trinajstić information content (AvgIpc) is 2.65. The molecule has 0 bridgehead atoms. The van der Waals surface area contributed by atoms with Crippen LogP contribution in [0.3, 0.4) is 0 Å². The summed E-state index contributed by atoms with van der Waals surface area (Å²) >= 11 is 0. The van der Waals surface area contributed by atoms with Gasteiger partial charge in [0.2, 0.25) is 0 Å². The fourth-order valence-corrected chi connectivity index (χ4v) is 2.19. The molecule has 1 amide bonds. The van der Waals surface area contributed by atoms with Gasteiger partial charge in [-0.15, -0.1) is 0 Å². The summed E-state index contributed by atoms with van der Waals surface area (Å²) in [6.45, 7) is 4.09. The van der Waals surface area contributed by atoms with Crippen LogP contribution in [0.15, 0.2) is 18.2 Å². The van der Waals surface area contributed by atoms with Crippen molar-refractivity contribution in [2.24, 2.45) is 0 Å². The van der Waals surface area contributed by atoms with E-state index in [4.69, 9.17) is 0 Å². The number of carbonyl (C=O) groups is 2. The highest BCUT2D eigenvalue weighted by molar-refractivity contribution is 6.52. The third-order valence-corrected chi connectivity index (χ3v) is 3.10. The molecule has 1 aromatic rings. The number of nitrogens with zero attached hydrogens (tertiary/aromatic N) is 1. The van der Waals surface area contributed by atoms with Gasteiger partial charge in [0.15, 0.2) is 0 Å². The molecule has 0 saturated carbocycles. The summed E-state index contributed by atoms with van der Waals surface area (Å²) in [5, 5.41) is 3.21. The van der Waals surface area contributed by atoms with E-state index in [1.807, 2.05) is 0 Å². The van der Waals surface area contributed by atoms with E-state index in [0.29, 0.717) is 13.0 Å². The Morgan fingerprint density at radius 2 is 2.05 bits per heavy atom. The van der Waals surface area contributed by atoms with Crippen molar-refractivity contribution in [3.8, 4) is 0 Å². The van der Waals surface area contributed by atoms with Gasteiger partial charge in [-0.3, -0.25) is 9.59 Å². The molecule has 2 rings (SSSR count). The van der Waals surface area contributed by atoms with Gasteiger partial charge in [0, 0.05) is 6.54 Å². The second-order valence-corrected chi connectivity index (χ2v) is 4.53. The summed E-state index contributed by atoms with van der Waals surface area (Å²) in [5.74, 6) is -1.76. The lowest BCUT2D eigenvalue weighted by Crippen LogP contribution is -2.32. The third kappa shape index (κ3) is 2.66. The van der Waals surface area contributed by atoms with E-state index in [2.05, 4.69) is 12.2 Å². The van der Waals surface area contributed by atoms with Gasteiger partial charge in [-0.05, 0) is 38.1 Å². The zero-order chi connectivity index (χ0) is 13.8. The fourth-order valence-electron chi connectivity index (χ4n) is 2.19. The molecule has 0 radical (unpaired) electrons. The lowest BCUT2D eigenvalue weighted by atomic mass is 10.1. The van der Waals surface area contributed by atoms with Crippen molar-refractivity contribution >= 4 is 17.4 Å². The first-order valence-electron chi connectivity index (χ1n) is 6.52. The largest absolute Gasteiger partial charge is 0.317 e. The van der Waals surface area contributed by atoms with E-state index in [9.17, 15) is 14.0 Å². The number of anilines is 1. The van der Waals surface area contributed by atoms with Crippen LogP contribution in [0.1, 0.15) is 30.1 Å². The smallest absolute Gasteiger partial charge is 0.299 e. The van der Waals surface area contributed by atoms with Crippen LogP contribution in [0.2, 0.25) is 0 Å². The number of nitrogens with one attached hydrogen (secondary N) is 1. The fraction of sp³-hybridized carbons (Fsp3) is 0.429. The van der Waals surface area contributed by atoms with Gasteiger partial charge in [-0.2, -0.15) is 0 Å². The van der Waals surface area contributed by atoms with Gasteiger partial charge >= 0.3 is 0 Å². The Balaban J connectivity index is 2.06. The Hall–Kier alpha value is -1.75. The number of Topliss-reactive ketones (excluding diaryl/α,β-unsaturated/α-hetero) is 1. The van der Waals surface area contributed by atoms with Crippen molar-refractivity contribution in [1.29, 1.82) is 0 Å². The average molecular weight is 264 g/mol. The zero-order valence-corrected chi connectivity index (χ0v) is 10.9. The van der Waals surface area contributed by atoms with E-state index in [0.717, 1.165) is 19.5 Å². The monoisotopic (exact) mass is 264 g/mol. The van der Waals surface area contributed by atoms with Crippen LogP contribution >= 0.6 is 0 Å². The molecule has 19 heavy (non-hydrogen) atoms. The number of hydrogen-bond donors (Lipinski definition) is 1. The lowest BCUT2D eigenvalue weighted by molar-refractivity contribution is -0.114. The molecule has 0 aliphatic carbocycles. The molecule has 4 nitrogen and oxygen atoms in total. The summed E-state index contributed by atoms with van der Waals surface area (Å²) in [7, 11) is 0. The molecule has 102 valence electrons. The second-order valence-electron chi connectivity index (χ2n) is 4.53.